The van der Waals surface area contributed by atoms with Crippen molar-refractivity contribution in [2.24, 2.45) is 0 Å². The smallest absolute Gasteiger partial charge is 0.233 e. The first-order valence-electron chi connectivity index (χ1n) is 9.13. The minimum atomic E-state index is 0.0320. The molecule has 0 aliphatic carbocycles. The van der Waals surface area contributed by atoms with E-state index >= 15 is 0 Å². The number of pyridine rings is 1. The normalized spacial score (nSPS) is 10.9. The molecule has 0 unspecified atom stereocenters. The van der Waals surface area contributed by atoms with E-state index in [1.807, 2.05) is 65.5 Å². The Morgan fingerprint density at radius 3 is 2.60 bits per heavy atom. The number of thiophene rings is 1. The van der Waals surface area contributed by atoms with Gasteiger partial charge >= 0.3 is 0 Å². The van der Waals surface area contributed by atoms with Gasteiger partial charge in [0.25, 0.3) is 0 Å². The lowest BCUT2D eigenvalue weighted by Gasteiger charge is -2.16. The number of halogens is 1. The largest absolute Gasteiger partial charge is 0.340 e. The lowest BCUT2D eigenvalue weighted by Crippen LogP contribution is -2.27. The number of hydrogen-bond donors (Lipinski definition) is 0. The minimum absolute atomic E-state index is 0.0320. The van der Waals surface area contributed by atoms with E-state index in [0.717, 1.165) is 16.1 Å². The van der Waals surface area contributed by atoms with Crippen LogP contribution in [0.2, 0.25) is 5.02 Å². The fourth-order valence-corrected chi connectivity index (χ4v) is 4.61. The van der Waals surface area contributed by atoms with Crippen LogP contribution in [0, 0.1) is 0 Å². The molecule has 3 aromatic heterocycles. The summed E-state index contributed by atoms with van der Waals surface area (Å²) in [4.78, 5) is 19.6. The Labute approximate surface area is 187 Å². The van der Waals surface area contributed by atoms with Gasteiger partial charge in [0.15, 0.2) is 11.0 Å². The van der Waals surface area contributed by atoms with E-state index in [0.29, 0.717) is 22.5 Å². The molecule has 1 amide bonds. The van der Waals surface area contributed by atoms with Gasteiger partial charge in [-0.3, -0.25) is 14.3 Å². The summed E-state index contributed by atoms with van der Waals surface area (Å²) < 4.78 is 1.93. The van der Waals surface area contributed by atoms with Crippen LogP contribution in [0.3, 0.4) is 0 Å². The molecule has 0 atom stereocenters. The molecule has 4 rings (SSSR count). The molecule has 4 aromatic rings. The van der Waals surface area contributed by atoms with Crippen LogP contribution in [-0.2, 0) is 11.3 Å². The van der Waals surface area contributed by atoms with Gasteiger partial charge in [-0.2, -0.15) is 0 Å². The van der Waals surface area contributed by atoms with Crippen LogP contribution in [0.5, 0.6) is 0 Å². The summed E-state index contributed by atoms with van der Waals surface area (Å²) in [5.74, 6) is 0.982. The van der Waals surface area contributed by atoms with Gasteiger partial charge in [-0.15, -0.1) is 21.5 Å². The summed E-state index contributed by atoms with van der Waals surface area (Å²) in [7, 11) is 1.81. The lowest BCUT2D eigenvalue weighted by atomic mass is 10.2. The highest BCUT2D eigenvalue weighted by atomic mass is 35.5. The van der Waals surface area contributed by atoms with Gasteiger partial charge in [0.1, 0.15) is 0 Å². The molecule has 30 heavy (non-hydrogen) atoms. The maximum Gasteiger partial charge on any atom is 0.233 e. The molecule has 0 aliphatic heterocycles. The fourth-order valence-electron chi connectivity index (χ4n) is 2.84. The molecule has 1 aromatic carbocycles. The predicted molar refractivity (Wildman–Crippen MR) is 121 cm³/mol. The highest BCUT2D eigenvalue weighted by Gasteiger charge is 2.18. The average Bonchev–Trinajstić information content (AvgIpc) is 3.43. The second kappa shape index (κ2) is 9.42. The van der Waals surface area contributed by atoms with Gasteiger partial charge in [-0.25, -0.2) is 0 Å². The van der Waals surface area contributed by atoms with Gasteiger partial charge in [0.2, 0.25) is 5.91 Å². The number of carbonyl (C=O) groups is 1. The number of thioether (sulfide) groups is 1. The van der Waals surface area contributed by atoms with Gasteiger partial charge in [-0.1, -0.05) is 29.4 Å². The van der Waals surface area contributed by atoms with Crippen LogP contribution in [0.15, 0.2) is 71.5 Å². The number of nitrogens with zero attached hydrogens (tertiary/aromatic N) is 5. The summed E-state index contributed by atoms with van der Waals surface area (Å²) in [5.41, 5.74) is 1.76. The first-order valence-corrected chi connectivity index (χ1v) is 11.4. The third-order valence-electron chi connectivity index (χ3n) is 4.38. The van der Waals surface area contributed by atoms with Crippen molar-refractivity contribution >= 4 is 40.6 Å². The Balaban J connectivity index is 1.57. The molecule has 0 fully saturated rings. The summed E-state index contributed by atoms with van der Waals surface area (Å²) in [5, 5.41) is 12.0. The van der Waals surface area contributed by atoms with Crippen molar-refractivity contribution in [1.29, 1.82) is 0 Å². The molecule has 9 heteroatoms. The quantitative estimate of drug-likeness (QED) is 0.375. The minimum Gasteiger partial charge on any atom is -0.340 e. The van der Waals surface area contributed by atoms with E-state index in [1.165, 1.54) is 11.8 Å². The van der Waals surface area contributed by atoms with Gasteiger partial charge < -0.3 is 4.90 Å². The van der Waals surface area contributed by atoms with Crippen molar-refractivity contribution in [3.8, 4) is 17.1 Å². The topological polar surface area (TPSA) is 63.9 Å². The number of carbonyl (C=O) groups excluding carboxylic acids is 1. The molecule has 6 nitrogen and oxygen atoms in total. The molecule has 0 aliphatic rings. The lowest BCUT2D eigenvalue weighted by molar-refractivity contribution is -0.127. The van der Waals surface area contributed by atoms with E-state index in [1.54, 1.807) is 28.6 Å². The molecule has 0 saturated heterocycles. The molecular formula is C21H18ClN5OS2. The molecule has 3 heterocycles. The molecule has 0 N–H and O–H groups in total. The highest BCUT2D eigenvalue weighted by Crippen LogP contribution is 2.28. The Morgan fingerprint density at radius 1 is 1.13 bits per heavy atom. The van der Waals surface area contributed by atoms with Crippen molar-refractivity contribution in [2.45, 2.75) is 11.7 Å². The maximum atomic E-state index is 12.6. The first-order chi connectivity index (χ1) is 14.6. The van der Waals surface area contributed by atoms with E-state index < -0.39 is 0 Å². The van der Waals surface area contributed by atoms with Crippen LogP contribution < -0.4 is 0 Å². The van der Waals surface area contributed by atoms with Crippen LogP contribution in [0.1, 0.15) is 4.88 Å². The van der Waals surface area contributed by atoms with Crippen LogP contribution >= 0.6 is 34.7 Å². The zero-order valence-corrected chi connectivity index (χ0v) is 18.5. The molecular weight excluding hydrogens is 438 g/mol. The van der Waals surface area contributed by atoms with E-state index in [9.17, 15) is 4.79 Å². The van der Waals surface area contributed by atoms with Crippen LogP contribution in [-0.4, -0.2) is 43.4 Å². The Bertz CT molecular complexity index is 1110. The SMILES string of the molecule is CN(Cc1cccs1)C(=O)CSc1nnc(-c2ccncc2)n1-c1ccc(Cl)cc1. The second-order valence-electron chi connectivity index (χ2n) is 6.47. The summed E-state index contributed by atoms with van der Waals surface area (Å²) >= 11 is 9.07. The Kier molecular flexibility index (Phi) is 6.47. The van der Waals surface area contributed by atoms with E-state index in [4.69, 9.17) is 11.6 Å². The highest BCUT2D eigenvalue weighted by molar-refractivity contribution is 7.99. The van der Waals surface area contributed by atoms with E-state index in [-0.39, 0.29) is 11.7 Å². The molecule has 0 bridgehead atoms. The monoisotopic (exact) mass is 455 g/mol. The number of hydrogen-bond acceptors (Lipinski definition) is 6. The molecule has 0 radical (unpaired) electrons. The molecule has 0 spiro atoms. The van der Waals surface area contributed by atoms with Gasteiger partial charge in [-0.05, 0) is 47.8 Å². The summed E-state index contributed by atoms with van der Waals surface area (Å²) in [6, 6.07) is 15.2. The van der Waals surface area contributed by atoms with Crippen LogP contribution in [0.25, 0.3) is 17.1 Å². The second-order valence-corrected chi connectivity index (χ2v) is 8.88. The number of amides is 1. The average molecular weight is 456 g/mol. The van der Waals surface area contributed by atoms with Crippen molar-refractivity contribution in [3.05, 3.63) is 76.2 Å². The van der Waals surface area contributed by atoms with Crippen LogP contribution in [0.4, 0.5) is 0 Å². The fraction of sp³-hybridized carbons (Fsp3) is 0.143. The third kappa shape index (κ3) is 4.72. The standard InChI is InChI=1S/C21H18ClN5OS2/c1-26(13-18-3-2-12-29-18)19(28)14-30-21-25-24-20(15-8-10-23-11-9-15)27(21)17-6-4-16(22)5-7-17/h2-12H,13-14H2,1H3. The third-order valence-corrected chi connectivity index (χ3v) is 6.41. The van der Waals surface area contributed by atoms with Crippen molar-refractivity contribution < 1.29 is 4.79 Å². The number of benzene rings is 1. The summed E-state index contributed by atoms with van der Waals surface area (Å²) in [6.45, 7) is 0.600. The number of aromatic nitrogens is 4. The Morgan fingerprint density at radius 2 is 1.90 bits per heavy atom. The van der Waals surface area contributed by atoms with Gasteiger partial charge in [0, 0.05) is 40.6 Å². The zero-order valence-electron chi connectivity index (χ0n) is 16.1. The zero-order chi connectivity index (χ0) is 20.9. The number of rotatable bonds is 7. The van der Waals surface area contributed by atoms with Crippen molar-refractivity contribution in [3.63, 3.8) is 0 Å². The van der Waals surface area contributed by atoms with E-state index in [2.05, 4.69) is 15.2 Å². The predicted octanol–water partition coefficient (Wildman–Crippen LogP) is 4.79. The maximum absolute atomic E-state index is 12.6. The molecule has 152 valence electrons. The van der Waals surface area contributed by atoms with Crippen molar-refractivity contribution in [1.82, 2.24) is 24.6 Å². The van der Waals surface area contributed by atoms with Crippen molar-refractivity contribution in [2.75, 3.05) is 12.8 Å². The summed E-state index contributed by atoms with van der Waals surface area (Å²) in [6.07, 6.45) is 3.43. The van der Waals surface area contributed by atoms with Gasteiger partial charge in [0.05, 0.1) is 12.3 Å². The Hall–Kier alpha value is -2.68. The molecule has 0 saturated carbocycles. The first kappa shape index (κ1) is 20.6.